The SMILES string of the molecule is COc1ccc(CNC(=O)C2CCN(C(=O)c3ccc(N(C)C)cc3)CC2)cc1OC. The molecule has 7 nitrogen and oxygen atoms in total. The predicted octanol–water partition coefficient (Wildman–Crippen LogP) is 2.94. The average molecular weight is 426 g/mol. The zero-order chi connectivity index (χ0) is 22.4. The van der Waals surface area contributed by atoms with E-state index in [1.165, 1.54) is 0 Å². The molecule has 2 aromatic carbocycles. The molecular weight excluding hydrogens is 394 g/mol. The number of methoxy groups -OCH3 is 2. The van der Waals surface area contributed by atoms with Gasteiger partial charge in [0.15, 0.2) is 11.5 Å². The molecule has 0 bridgehead atoms. The second kappa shape index (κ2) is 10.2. The molecule has 1 saturated heterocycles. The van der Waals surface area contributed by atoms with Crippen molar-refractivity contribution < 1.29 is 19.1 Å². The van der Waals surface area contributed by atoms with Gasteiger partial charge in [-0.25, -0.2) is 0 Å². The van der Waals surface area contributed by atoms with E-state index in [0.29, 0.717) is 49.5 Å². The summed E-state index contributed by atoms with van der Waals surface area (Å²) >= 11 is 0. The fourth-order valence-electron chi connectivity index (χ4n) is 3.75. The first-order valence-electron chi connectivity index (χ1n) is 10.5. The van der Waals surface area contributed by atoms with Crippen LogP contribution < -0.4 is 19.7 Å². The van der Waals surface area contributed by atoms with E-state index in [-0.39, 0.29) is 17.7 Å². The van der Waals surface area contributed by atoms with Gasteiger partial charge in [0.1, 0.15) is 0 Å². The summed E-state index contributed by atoms with van der Waals surface area (Å²) in [5, 5.41) is 3.01. The summed E-state index contributed by atoms with van der Waals surface area (Å²) in [5.41, 5.74) is 2.68. The van der Waals surface area contributed by atoms with Crippen molar-refractivity contribution in [1.29, 1.82) is 0 Å². The van der Waals surface area contributed by atoms with Gasteiger partial charge in [-0.2, -0.15) is 0 Å². The van der Waals surface area contributed by atoms with Crippen LogP contribution in [0.15, 0.2) is 42.5 Å². The van der Waals surface area contributed by atoms with Gasteiger partial charge in [0.05, 0.1) is 14.2 Å². The predicted molar refractivity (Wildman–Crippen MR) is 121 cm³/mol. The Morgan fingerprint density at radius 1 is 1.00 bits per heavy atom. The first-order valence-corrected chi connectivity index (χ1v) is 10.5. The number of carbonyl (C=O) groups is 2. The van der Waals surface area contributed by atoms with Gasteiger partial charge in [-0.05, 0) is 54.8 Å². The molecule has 1 aliphatic rings. The second-order valence-corrected chi connectivity index (χ2v) is 7.91. The Kier molecular flexibility index (Phi) is 7.39. The van der Waals surface area contributed by atoms with Gasteiger partial charge in [-0.3, -0.25) is 9.59 Å². The Labute approximate surface area is 183 Å². The number of hydrogen-bond donors (Lipinski definition) is 1. The Morgan fingerprint density at radius 2 is 1.65 bits per heavy atom. The highest BCUT2D eigenvalue weighted by Crippen LogP contribution is 2.27. The molecule has 0 radical (unpaired) electrons. The lowest BCUT2D eigenvalue weighted by Gasteiger charge is -2.31. The normalized spacial score (nSPS) is 14.1. The van der Waals surface area contributed by atoms with Crippen molar-refractivity contribution in [3.05, 3.63) is 53.6 Å². The van der Waals surface area contributed by atoms with Gasteiger partial charge in [0.25, 0.3) is 5.91 Å². The van der Waals surface area contributed by atoms with Crippen LogP contribution in [0.3, 0.4) is 0 Å². The molecule has 2 aromatic rings. The molecule has 1 fully saturated rings. The van der Waals surface area contributed by atoms with Crippen molar-refractivity contribution in [3.63, 3.8) is 0 Å². The lowest BCUT2D eigenvalue weighted by Crippen LogP contribution is -2.42. The number of carbonyl (C=O) groups excluding carboxylic acids is 2. The topological polar surface area (TPSA) is 71.1 Å². The number of nitrogens with one attached hydrogen (secondary N) is 1. The van der Waals surface area contributed by atoms with E-state index in [0.717, 1.165) is 11.3 Å². The van der Waals surface area contributed by atoms with Crippen LogP contribution in [0, 0.1) is 5.92 Å². The molecule has 7 heteroatoms. The van der Waals surface area contributed by atoms with Gasteiger partial charge in [0, 0.05) is 50.9 Å². The molecule has 166 valence electrons. The molecule has 0 aromatic heterocycles. The lowest BCUT2D eigenvalue weighted by atomic mass is 9.95. The number of benzene rings is 2. The highest BCUT2D eigenvalue weighted by Gasteiger charge is 2.27. The maximum Gasteiger partial charge on any atom is 0.253 e. The molecule has 0 unspecified atom stereocenters. The van der Waals surface area contributed by atoms with Crippen LogP contribution in [-0.4, -0.2) is 58.1 Å². The lowest BCUT2D eigenvalue weighted by molar-refractivity contribution is -0.126. The van der Waals surface area contributed by atoms with Crippen molar-refractivity contribution in [3.8, 4) is 11.5 Å². The summed E-state index contributed by atoms with van der Waals surface area (Å²) in [5.74, 6) is 1.26. The highest BCUT2D eigenvalue weighted by molar-refractivity contribution is 5.94. The monoisotopic (exact) mass is 425 g/mol. The van der Waals surface area contributed by atoms with Crippen molar-refractivity contribution in [2.24, 2.45) is 5.92 Å². The van der Waals surface area contributed by atoms with Crippen LogP contribution in [0.4, 0.5) is 5.69 Å². The molecule has 0 spiro atoms. The third-order valence-corrected chi connectivity index (χ3v) is 5.70. The van der Waals surface area contributed by atoms with E-state index < -0.39 is 0 Å². The molecule has 1 N–H and O–H groups in total. The van der Waals surface area contributed by atoms with Crippen molar-refractivity contribution in [2.45, 2.75) is 19.4 Å². The van der Waals surface area contributed by atoms with E-state index >= 15 is 0 Å². The van der Waals surface area contributed by atoms with Crippen LogP contribution in [0.1, 0.15) is 28.8 Å². The van der Waals surface area contributed by atoms with Crippen LogP contribution >= 0.6 is 0 Å². The number of ether oxygens (including phenoxy) is 2. The maximum atomic E-state index is 12.8. The van der Waals surface area contributed by atoms with E-state index in [2.05, 4.69) is 5.32 Å². The van der Waals surface area contributed by atoms with E-state index in [4.69, 9.17) is 9.47 Å². The van der Waals surface area contributed by atoms with Crippen LogP contribution in [0.25, 0.3) is 0 Å². The Balaban J connectivity index is 1.50. The van der Waals surface area contributed by atoms with E-state index in [1.54, 1.807) is 14.2 Å². The number of amides is 2. The summed E-state index contributed by atoms with van der Waals surface area (Å²) in [6, 6.07) is 13.2. The molecule has 0 saturated carbocycles. The third kappa shape index (κ3) is 5.48. The molecule has 0 aliphatic carbocycles. The van der Waals surface area contributed by atoms with Crippen LogP contribution in [0.5, 0.6) is 11.5 Å². The second-order valence-electron chi connectivity index (χ2n) is 7.91. The van der Waals surface area contributed by atoms with E-state index in [1.807, 2.05) is 66.4 Å². The Bertz CT molecular complexity index is 904. The summed E-state index contributed by atoms with van der Waals surface area (Å²) in [6.07, 6.45) is 1.33. The molecule has 2 amide bonds. The van der Waals surface area contributed by atoms with Crippen molar-refractivity contribution in [1.82, 2.24) is 10.2 Å². The summed E-state index contributed by atoms with van der Waals surface area (Å²) < 4.78 is 10.6. The Hall–Kier alpha value is -3.22. The summed E-state index contributed by atoms with van der Waals surface area (Å²) in [6.45, 7) is 1.60. The maximum absolute atomic E-state index is 12.8. The molecule has 1 heterocycles. The third-order valence-electron chi connectivity index (χ3n) is 5.70. The molecular formula is C24H31N3O4. The number of likely N-dealkylation sites (tertiary alicyclic amines) is 1. The number of hydrogen-bond acceptors (Lipinski definition) is 5. The van der Waals surface area contributed by atoms with Gasteiger partial charge >= 0.3 is 0 Å². The minimum atomic E-state index is -0.0830. The van der Waals surface area contributed by atoms with Gasteiger partial charge in [-0.1, -0.05) is 6.07 Å². The molecule has 0 atom stereocenters. The van der Waals surface area contributed by atoms with Crippen molar-refractivity contribution in [2.75, 3.05) is 46.3 Å². The van der Waals surface area contributed by atoms with Gasteiger partial charge in [-0.15, -0.1) is 0 Å². The molecule has 3 rings (SSSR count). The Morgan fingerprint density at radius 3 is 2.23 bits per heavy atom. The quantitative estimate of drug-likeness (QED) is 0.739. The number of piperidine rings is 1. The summed E-state index contributed by atoms with van der Waals surface area (Å²) in [4.78, 5) is 29.2. The largest absolute Gasteiger partial charge is 0.493 e. The molecule has 31 heavy (non-hydrogen) atoms. The van der Waals surface area contributed by atoms with Gasteiger partial charge < -0.3 is 24.6 Å². The minimum Gasteiger partial charge on any atom is -0.493 e. The smallest absolute Gasteiger partial charge is 0.253 e. The minimum absolute atomic E-state index is 0.0227. The highest BCUT2D eigenvalue weighted by atomic mass is 16.5. The average Bonchev–Trinajstić information content (AvgIpc) is 2.81. The number of rotatable bonds is 7. The standard InChI is InChI=1S/C24H31N3O4/c1-26(2)20-8-6-19(7-9-20)24(29)27-13-11-18(12-14-27)23(28)25-16-17-5-10-21(30-3)22(15-17)31-4/h5-10,15,18H,11-14,16H2,1-4H3,(H,25,28). The van der Waals surface area contributed by atoms with E-state index in [9.17, 15) is 9.59 Å². The fraction of sp³-hybridized carbons (Fsp3) is 0.417. The first kappa shape index (κ1) is 22.5. The zero-order valence-corrected chi connectivity index (χ0v) is 18.7. The first-order chi connectivity index (χ1) is 14.9. The van der Waals surface area contributed by atoms with Crippen LogP contribution in [0.2, 0.25) is 0 Å². The van der Waals surface area contributed by atoms with Crippen LogP contribution in [-0.2, 0) is 11.3 Å². The molecule has 1 aliphatic heterocycles. The zero-order valence-electron chi connectivity index (χ0n) is 18.7. The fourth-order valence-corrected chi connectivity index (χ4v) is 3.75. The number of nitrogens with zero attached hydrogens (tertiary/aromatic N) is 2. The number of anilines is 1. The summed E-state index contributed by atoms with van der Waals surface area (Å²) in [7, 11) is 7.12. The van der Waals surface area contributed by atoms with Gasteiger partial charge in [0.2, 0.25) is 5.91 Å². The van der Waals surface area contributed by atoms with Crippen molar-refractivity contribution >= 4 is 17.5 Å².